The van der Waals surface area contributed by atoms with Gasteiger partial charge in [-0.3, -0.25) is 13.8 Å². The number of rotatable bonds is 4. The minimum absolute atomic E-state index is 0.0202. The van der Waals surface area contributed by atoms with Crippen LogP contribution in [0.15, 0.2) is 21.4 Å². The van der Waals surface area contributed by atoms with E-state index in [2.05, 4.69) is 28.6 Å². The maximum atomic E-state index is 12.5. The summed E-state index contributed by atoms with van der Waals surface area (Å²) in [6.45, 7) is 4.27. The molecule has 0 aromatic carbocycles. The third kappa shape index (κ3) is 3.02. The second kappa shape index (κ2) is 7.28. The maximum Gasteiger partial charge on any atom is 0.272 e. The Labute approximate surface area is 176 Å². The van der Waals surface area contributed by atoms with Gasteiger partial charge in [0, 0.05) is 18.8 Å². The van der Waals surface area contributed by atoms with Crippen molar-refractivity contribution in [2.75, 3.05) is 0 Å². The summed E-state index contributed by atoms with van der Waals surface area (Å²) >= 11 is 3.18. The van der Waals surface area contributed by atoms with E-state index < -0.39 is 0 Å². The maximum absolute atomic E-state index is 12.5. The normalized spacial score (nSPS) is 15.7. The number of imidazole rings is 1. The molecule has 0 saturated heterocycles. The van der Waals surface area contributed by atoms with Crippen molar-refractivity contribution >= 4 is 39.1 Å². The van der Waals surface area contributed by atoms with Gasteiger partial charge in [-0.1, -0.05) is 31.0 Å². The minimum Gasteiger partial charge on any atom is -0.320 e. The van der Waals surface area contributed by atoms with Crippen LogP contribution in [0.1, 0.15) is 55.4 Å². The topological polar surface area (TPSA) is 70.0 Å². The van der Waals surface area contributed by atoms with E-state index in [0.29, 0.717) is 17.6 Å². The predicted molar refractivity (Wildman–Crippen MR) is 117 cm³/mol. The molecule has 4 aromatic heterocycles. The second-order valence-electron chi connectivity index (χ2n) is 7.77. The van der Waals surface area contributed by atoms with Gasteiger partial charge < -0.3 is 4.57 Å². The molecule has 5 rings (SSSR count). The molecule has 0 bridgehead atoms. The van der Waals surface area contributed by atoms with Crippen LogP contribution in [-0.2, 0) is 12.8 Å². The molecule has 1 aliphatic carbocycles. The first-order valence-corrected chi connectivity index (χ1v) is 11.9. The zero-order valence-electron chi connectivity index (χ0n) is 16.9. The molecule has 0 aliphatic heterocycles. The van der Waals surface area contributed by atoms with Crippen molar-refractivity contribution in [2.45, 2.75) is 62.9 Å². The van der Waals surface area contributed by atoms with Crippen LogP contribution in [0, 0.1) is 13.8 Å². The van der Waals surface area contributed by atoms with E-state index in [-0.39, 0.29) is 5.56 Å². The highest BCUT2D eigenvalue weighted by atomic mass is 32.2. The summed E-state index contributed by atoms with van der Waals surface area (Å²) in [7, 11) is 1.75. The Kier molecular flexibility index (Phi) is 4.74. The van der Waals surface area contributed by atoms with Crippen LogP contribution in [0.3, 0.4) is 0 Å². The average molecular weight is 429 g/mol. The summed E-state index contributed by atoms with van der Waals surface area (Å²) in [6.07, 6.45) is 6.40. The van der Waals surface area contributed by atoms with Gasteiger partial charge in [0.15, 0.2) is 5.16 Å². The molecule has 1 fully saturated rings. The molecule has 1 aliphatic rings. The molecule has 4 aromatic rings. The summed E-state index contributed by atoms with van der Waals surface area (Å²) in [6, 6.07) is 2.52. The molecule has 0 N–H and O–H groups in total. The lowest BCUT2D eigenvalue weighted by Crippen LogP contribution is -2.19. The second-order valence-corrected chi connectivity index (χ2v) is 9.63. The Morgan fingerprint density at radius 1 is 1.21 bits per heavy atom. The van der Waals surface area contributed by atoms with Gasteiger partial charge in [0.05, 0.1) is 17.0 Å². The van der Waals surface area contributed by atoms with Crippen molar-refractivity contribution < 1.29 is 0 Å². The third-order valence-electron chi connectivity index (χ3n) is 6.02. The van der Waals surface area contributed by atoms with Crippen LogP contribution < -0.4 is 5.56 Å². The van der Waals surface area contributed by atoms with Crippen molar-refractivity contribution in [3.8, 4) is 0 Å². The van der Waals surface area contributed by atoms with Crippen molar-refractivity contribution in [3.05, 3.63) is 39.0 Å². The molecule has 0 spiro atoms. The SMILES string of the molecule is Cc1nc(SCc2nnc3n(C)c(=O)c4sccc4n23)n(C2CCCCC2)c1C. The highest BCUT2D eigenvalue weighted by Gasteiger charge is 2.23. The molecule has 0 amide bonds. The monoisotopic (exact) mass is 428 g/mol. The van der Waals surface area contributed by atoms with Crippen LogP contribution >= 0.6 is 23.1 Å². The van der Waals surface area contributed by atoms with Gasteiger partial charge in [-0.25, -0.2) is 4.98 Å². The van der Waals surface area contributed by atoms with Gasteiger partial charge in [-0.15, -0.1) is 21.5 Å². The smallest absolute Gasteiger partial charge is 0.272 e. The minimum atomic E-state index is -0.0202. The summed E-state index contributed by atoms with van der Waals surface area (Å²) in [4.78, 5) is 17.4. The lowest BCUT2D eigenvalue weighted by atomic mass is 9.95. The Morgan fingerprint density at radius 3 is 2.79 bits per heavy atom. The molecule has 7 nitrogen and oxygen atoms in total. The summed E-state index contributed by atoms with van der Waals surface area (Å²) < 4.78 is 6.77. The number of aryl methyl sites for hydroxylation is 2. The molecular formula is C20H24N6OS2. The molecular weight excluding hydrogens is 404 g/mol. The first-order chi connectivity index (χ1) is 14.1. The standard InChI is InChI=1S/C20H24N6OS2/c1-12-13(2)25(14-7-5-4-6-8-14)20(21-12)29-11-16-22-23-19-24(3)18(27)17-15(26(16)19)9-10-28-17/h9-10,14H,4-8,11H2,1-3H3. The van der Waals surface area contributed by atoms with Crippen molar-refractivity contribution in [2.24, 2.45) is 7.05 Å². The number of hydrogen-bond acceptors (Lipinski definition) is 6. The molecule has 29 heavy (non-hydrogen) atoms. The molecule has 4 heterocycles. The van der Waals surface area contributed by atoms with Crippen LogP contribution in [0.2, 0.25) is 0 Å². The molecule has 152 valence electrons. The lowest BCUT2D eigenvalue weighted by Gasteiger charge is -2.26. The predicted octanol–water partition coefficient (Wildman–Crippen LogP) is 4.25. The highest BCUT2D eigenvalue weighted by molar-refractivity contribution is 7.98. The highest BCUT2D eigenvalue weighted by Crippen LogP contribution is 2.35. The molecule has 1 saturated carbocycles. The van der Waals surface area contributed by atoms with Gasteiger partial charge in [-0.05, 0) is 38.1 Å². The number of nitrogens with zero attached hydrogens (tertiary/aromatic N) is 6. The van der Waals surface area contributed by atoms with Gasteiger partial charge in [0.25, 0.3) is 5.56 Å². The van der Waals surface area contributed by atoms with Gasteiger partial charge >= 0.3 is 0 Å². The van der Waals surface area contributed by atoms with E-state index in [1.165, 1.54) is 49.1 Å². The van der Waals surface area contributed by atoms with E-state index in [0.717, 1.165) is 26.9 Å². The number of hydrogen-bond donors (Lipinski definition) is 0. The van der Waals surface area contributed by atoms with Gasteiger partial charge in [0.1, 0.15) is 10.5 Å². The Balaban J connectivity index is 1.52. The van der Waals surface area contributed by atoms with Gasteiger partial charge in [-0.2, -0.15) is 0 Å². The van der Waals surface area contributed by atoms with E-state index >= 15 is 0 Å². The Bertz CT molecular complexity index is 1260. The van der Waals surface area contributed by atoms with Gasteiger partial charge in [0.2, 0.25) is 5.78 Å². The van der Waals surface area contributed by atoms with Crippen molar-refractivity contribution in [3.63, 3.8) is 0 Å². The fraction of sp³-hybridized carbons (Fsp3) is 0.500. The number of fused-ring (bicyclic) bond motifs is 3. The van der Waals surface area contributed by atoms with E-state index in [1.807, 2.05) is 15.8 Å². The zero-order valence-corrected chi connectivity index (χ0v) is 18.5. The van der Waals surface area contributed by atoms with Crippen molar-refractivity contribution in [1.29, 1.82) is 0 Å². The van der Waals surface area contributed by atoms with E-state index in [9.17, 15) is 4.79 Å². The fourth-order valence-electron chi connectivity index (χ4n) is 4.34. The summed E-state index contributed by atoms with van der Waals surface area (Å²) in [5, 5.41) is 11.7. The van der Waals surface area contributed by atoms with Crippen molar-refractivity contribution in [1.82, 2.24) is 28.7 Å². The van der Waals surface area contributed by atoms with E-state index in [4.69, 9.17) is 4.98 Å². The first-order valence-electron chi connectivity index (χ1n) is 10.0. The number of thioether (sulfide) groups is 1. The number of aromatic nitrogens is 6. The summed E-state index contributed by atoms with van der Waals surface area (Å²) in [5.74, 6) is 2.09. The van der Waals surface area contributed by atoms with Crippen LogP contribution in [0.4, 0.5) is 0 Å². The number of thiophene rings is 1. The molecule has 0 atom stereocenters. The molecule has 0 radical (unpaired) electrons. The van der Waals surface area contributed by atoms with Crippen LogP contribution in [-0.4, -0.2) is 28.7 Å². The quantitative estimate of drug-likeness (QED) is 0.455. The van der Waals surface area contributed by atoms with E-state index in [1.54, 1.807) is 23.4 Å². The first kappa shape index (κ1) is 18.9. The van der Waals surface area contributed by atoms with Crippen LogP contribution in [0.5, 0.6) is 0 Å². The molecule has 0 unspecified atom stereocenters. The Morgan fingerprint density at radius 2 is 2.00 bits per heavy atom. The Hall–Kier alpha value is -2.13. The third-order valence-corrected chi connectivity index (χ3v) is 7.86. The van der Waals surface area contributed by atoms with Crippen LogP contribution in [0.25, 0.3) is 16.0 Å². The summed E-state index contributed by atoms with van der Waals surface area (Å²) in [5.41, 5.74) is 3.24. The largest absolute Gasteiger partial charge is 0.320 e. The lowest BCUT2D eigenvalue weighted by molar-refractivity contribution is 0.332. The molecule has 9 heteroatoms. The fourth-order valence-corrected chi connectivity index (χ4v) is 6.27. The zero-order chi connectivity index (χ0) is 20.1. The average Bonchev–Trinajstić information content (AvgIpc) is 3.43.